The van der Waals surface area contributed by atoms with E-state index in [2.05, 4.69) is 5.32 Å². The first-order valence-corrected chi connectivity index (χ1v) is 4.75. The van der Waals surface area contributed by atoms with Gasteiger partial charge in [0.1, 0.15) is 12.6 Å². The van der Waals surface area contributed by atoms with E-state index in [1.165, 1.54) is 0 Å². The summed E-state index contributed by atoms with van der Waals surface area (Å²) in [4.78, 5) is 33.9. The second kappa shape index (κ2) is 4.29. The molecule has 3 amide bonds. The Morgan fingerprint density at radius 1 is 1.53 bits per heavy atom. The Morgan fingerprint density at radius 3 is 2.60 bits per heavy atom. The van der Waals surface area contributed by atoms with Crippen molar-refractivity contribution in [2.45, 2.75) is 26.3 Å². The van der Waals surface area contributed by atoms with Crippen molar-refractivity contribution in [3.63, 3.8) is 0 Å². The van der Waals surface area contributed by atoms with Crippen LogP contribution in [-0.2, 0) is 9.59 Å². The van der Waals surface area contributed by atoms with Crippen LogP contribution >= 0.6 is 0 Å². The molecular weight excluding hydrogens is 200 g/mol. The fourth-order valence-electron chi connectivity index (χ4n) is 1.49. The van der Waals surface area contributed by atoms with Crippen LogP contribution in [0.4, 0.5) is 4.79 Å². The number of carboxylic acid groups (broad SMARTS) is 1. The highest BCUT2D eigenvalue weighted by molar-refractivity contribution is 6.05. The van der Waals surface area contributed by atoms with E-state index in [-0.39, 0.29) is 5.92 Å². The van der Waals surface area contributed by atoms with E-state index in [9.17, 15) is 14.4 Å². The Balaban J connectivity index is 2.66. The molecule has 0 spiro atoms. The highest BCUT2D eigenvalue weighted by Crippen LogP contribution is 2.13. The van der Waals surface area contributed by atoms with Gasteiger partial charge in [0.05, 0.1) is 0 Å². The maximum atomic E-state index is 11.6. The molecule has 0 bridgehead atoms. The molecular formula is C9H14N2O4. The minimum atomic E-state index is -1.19. The molecule has 0 aromatic rings. The van der Waals surface area contributed by atoms with Crippen LogP contribution in [0.25, 0.3) is 0 Å². The number of nitrogens with one attached hydrogen (secondary N) is 1. The van der Waals surface area contributed by atoms with Gasteiger partial charge in [0.15, 0.2) is 0 Å². The fourth-order valence-corrected chi connectivity index (χ4v) is 1.49. The Kier molecular flexibility index (Phi) is 3.28. The highest BCUT2D eigenvalue weighted by Gasteiger charge is 2.38. The van der Waals surface area contributed by atoms with Gasteiger partial charge >= 0.3 is 12.0 Å². The zero-order valence-corrected chi connectivity index (χ0v) is 8.69. The molecule has 1 fully saturated rings. The normalized spacial score (nSPS) is 21.0. The summed E-state index contributed by atoms with van der Waals surface area (Å²) >= 11 is 0. The number of rotatable bonds is 4. The monoisotopic (exact) mass is 214 g/mol. The molecule has 0 aliphatic carbocycles. The lowest BCUT2D eigenvalue weighted by Crippen LogP contribution is -2.36. The third-order valence-corrected chi connectivity index (χ3v) is 2.11. The van der Waals surface area contributed by atoms with Gasteiger partial charge in [-0.1, -0.05) is 13.8 Å². The van der Waals surface area contributed by atoms with E-state index < -0.39 is 30.5 Å². The summed E-state index contributed by atoms with van der Waals surface area (Å²) < 4.78 is 0. The van der Waals surface area contributed by atoms with Gasteiger partial charge in [-0.25, -0.2) is 4.79 Å². The van der Waals surface area contributed by atoms with Gasteiger partial charge in [-0.05, 0) is 12.3 Å². The predicted molar refractivity (Wildman–Crippen MR) is 51.1 cm³/mol. The van der Waals surface area contributed by atoms with Gasteiger partial charge < -0.3 is 10.4 Å². The van der Waals surface area contributed by atoms with Crippen LogP contribution in [0.15, 0.2) is 0 Å². The molecule has 6 nitrogen and oxygen atoms in total. The van der Waals surface area contributed by atoms with Gasteiger partial charge in [0.25, 0.3) is 5.91 Å². The number of aliphatic carboxylic acids is 1. The van der Waals surface area contributed by atoms with Crippen LogP contribution in [-0.4, -0.2) is 40.5 Å². The summed E-state index contributed by atoms with van der Waals surface area (Å²) in [6.45, 7) is 3.29. The van der Waals surface area contributed by atoms with Crippen molar-refractivity contribution in [3.05, 3.63) is 0 Å². The molecule has 0 saturated carbocycles. The van der Waals surface area contributed by atoms with Crippen molar-refractivity contribution in [2.24, 2.45) is 5.92 Å². The molecule has 1 rings (SSSR count). The van der Waals surface area contributed by atoms with Crippen molar-refractivity contribution in [1.29, 1.82) is 0 Å². The van der Waals surface area contributed by atoms with E-state index >= 15 is 0 Å². The number of carbonyl (C=O) groups is 3. The number of imide groups is 1. The van der Waals surface area contributed by atoms with Crippen molar-refractivity contribution in [1.82, 2.24) is 10.2 Å². The number of amides is 3. The maximum Gasteiger partial charge on any atom is 0.325 e. The van der Waals surface area contributed by atoms with Crippen LogP contribution in [0.1, 0.15) is 20.3 Å². The highest BCUT2D eigenvalue weighted by atomic mass is 16.4. The quantitative estimate of drug-likeness (QED) is 0.647. The molecule has 1 saturated heterocycles. The van der Waals surface area contributed by atoms with E-state index in [1.54, 1.807) is 0 Å². The topological polar surface area (TPSA) is 86.7 Å². The van der Waals surface area contributed by atoms with Crippen LogP contribution in [0.2, 0.25) is 0 Å². The molecule has 0 radical (unpaired) electrons. The second-order valence-corrected chi connectivity index (χ2v) is 3.95. The Morgan fingerprint density at radius 2 is 2.13 bits per heavy atom. The van der Waals surface area contributed by atoms with Gasteiger partial charge in [-0.3, -0.25) is 14.5 Å². The van der Waals surface area contributed by atoms with Gasteiger partial charge in [0.2, 0.25) is 0 Å². The number of carbonyl (C=O) groups excluding carboxylic acids is 2. The van der Waals surface area contributed by atoms with Crippen LogP contribution in [0.3, 0.4) is 0 Å². The molecule has 0 aromatic heterocycles. The summed E-state index contributed by atoms with van der Waals surface area (Å²) in [6, 6.07) is -1.19. The average Bonchev–Trinajstić information content (AvgIpc) is 2.31. The first-order chi connectivity index (χ1) is 6.91. The minimum absolute atomic E-state index is 0.268. The van der Waals surface area contributed by atoms with Crippen LogP contribution in [0.5, 0.6) is 0 Å². The van der Waals surface area contributed by atoms with Crippen molar-refractivity contribution in [3.8, 4) is 0 Å². The Labute approximate surface area is 87.2 Å². The number of urea groups is 1. The number of carboxylic acids is 1. The molecule has 1 aliphatic rings. The van der Waals surface area contributed by atoms with E-state index in [1.807, 2.05) is 13.8 Å². The number of hydrogen-bond donors (Lipinski definition) is 2. The third-order valence-electron chi connectivity index (χ3n) is 2.11. The minimum Gasteiger partial charge on any atom is -0.480 e. The molecule has 1 atom stereocenters. The zero-order chi connectivity index (χ0) is 11.6. The molecule has 2 N–H and O–H groups in total. The maximum absolute atomic E-state index is 11.6. The summed E-state index contributed by atoms with van der Waals surface area (Å²) in [7, 11) is 0. The lowest BCUT2D eigenvalue weighted by atomic mass is 10.0. The second-order valence-electron chi connectivity index (χ2n) is 3.95. The SMILES string of the molecule is CC(C)CC1NC(=O)N(CC(=O)O)C1=O. The molecule has 84 valence electrons. The third kappa shape index (κ3) is 2.68. The number of nitrogens with zero attached hydrogens (tertiary/aromatic N) is 1. The summed E-state index contributed by atoms with van der Waals surface area (Å²) in [5.41, 5.74) is 0. The predicted octanol–water partition coefficient (Wildman–Crippen LogP) is 0.0375. The van der Waals surface area contributed by atoms with Gasteiger partial charge in [-0.2, -0.15) is 0 Å². The lowest BCUT2D eigenvalue weighted by Gasteiger charge is -2.11. The summed E-state index contributed by atoms with van der Waals surface area (Å²) in [5, 5.41) is 11.0. The fraction of sp³-hybridized carbons (Fsp3) is 0.667. The summed E-state index contributed by atoms with van der Waals surface area (Å²) in [5.74, 6) is -1.37. The van der Waals surface area contributed by atoms with Crippen molar-refractivity contribution in [2.75, 3.05) is 6.54 Å². The molecule has 0 aromatic carbocycles. The van der Waals surface area contributed by atoms with Gasteiger partial charge in [0, 0.05) is 0 Å². The van der Waals surface area contributed by atoms with Crippen LogP contribution in [0, 0.1) is 5.92 Å². The van der Waals surface area contributed by atoms with Crippen molar-refractivity contribution < 1.29 is 19.5 Å². The zero-order valence-electron chi connectivity index (χ0n) is 8.69. The molecule has 6 heteroatoms. The summed E-state index contributed by atoms with van der Waals surface area (Å²) in [6.07, 6.45) is 0.528. The van der Waals surface area contributed by atoms with E-state index in [0.717, 1.165) is 4.90 Å². The smallest absolute Gasteiger partial charge is 0.325 e. The Hall–Kier alpha value is -1.59. The first-order valence-electron chi connectivity index (χ1n) is 4.75. The first kappa shape index (κ1) is 11.5. The van der Waals surface area contributed by atoms with Crippen LogP contribution < -0.4 is 5.32 Å². The standard InChI is InChI=1S/C9H14N2O4/c1-5(2)3-6-8(14)11(4-7(12)13)9(15)10-6/h5-6H,3-4H2,1-2H3,(H,10,15)(H,12,13). The Bertz CT molecular complexity index is 300. The lowest BCUT2D eigenvalue weighted by molar-refractivity contribution is -0.141. The molecule has 1 aliphatic heterocycles. The largest absolute Gasteiger partial charge is 0.480 e. The molecule has 15 heavy (non-hydrogen) atoms. The number of hydrogen-bond acceptors (Lipinski definition) is 3. The van der Waals surface area contributed by atoms with Gasteiger partial charge in [-0.15, -0.1) is 0 Å². The van der Waals surface area contributed by atoms with E-state index in [4.69, 9.17) is 5.11 Å². The molecule has 1 heterocycles. The van der Waals surface area contributed by atoms with Crippen molar-refractivity contribution >= 4 is 17.9 Å². The molecule has 1 unspecified atom stereocenters. The average molecular weight is 214 g/mol. The van der Waals surface area contributed by atoms with E-state index in [0.29, 0.717) is 6.42 Å².